The second-order valence-corrected chi connectivity index (χ2v) is 9.75. The molecule has 192 valence electrons. The number of alkyl halides is 3. The molecule has 0 radical (unpaired) electrons. The zero-order valence-corrected chi connectivity index (χ0v) is 19.4. The highest BCUT2D eigenvalue weighted by molar-refractivity contribution is 7.92. The van der Waals surface area contributed by atoms with Crippen LogP contribution in [0.25, 0.3) is 0 Å². The number of amides is 4. The number of benzene rings is 2. The van der Waals surface area contributed by atoms with Crippen LogP contribution in [0.1, 0.15) is 15.9 Å². The molecular weight excluding hydrogens is 520 g/mol. The summed E-state index contributed by atoms with van der Waals surface area (Å²) in [5, 5.41) is 2.61. The van der Waals surface area contributed by atoms with Crippen LogP contribution in [-0.4, -0.2) is 48.2 Å². The summed E-state index contributed by atoms with van der Waals surface area (Å²) in [6, 6.07) is 8.69. The molecule has 4 rings (SSSR count). The summed E-state index contributed by atoms with van der Waals surface area (Å²) in [5.41, 5.74) is -4.79. The maximum atomic E-state index is 13.1. The van der Waals surface area contributed by atoms with E-state index >= 15 is 0 Å². The van der Waals surface area contributed by atoms with E-state index in [0.717, 1.165) is 29.2 Å². The number of urea groups is 1. The number of anilines is 2. The number of pyridine rings is 1. The standard InChI is InChI=1S/C23H16F4N4O5S/c24-16-3-1-14(2-4-16)21(33)29-19-11-28-10-9-15(19)12-30-13-20(32)31(22(30)34)17-5-7-18(8-6-17)37(35,36)23(25,26)27/h1-11H,12-13H2,(H,29,33). The van der Waals surface area contributed by atoms with E-state index in [1.54, 1.807) is 0 Å². The number of halogens is 4. The first kappa shape index (κ1) is 25.8. The van der Waals surface area contributed by atoms with Gasteiger partial charge >= 0.3 is 11.5 Å². The molecule has 3 aromatic rings. The molecule has 1 fully saturated rings. The lowest BCUT2D eigenvalue weighted by Gasteiger charge is -2.19. The van der Waals surface area contributed by atoms with Gasteiger partial charge in [-0.15, -0.1) is 0 Å². The van der Waals surface area contributed by atoms with Crippen molar-refractivity contribution < 1.29 is 40.4 Å². The molecule has 1 saturated heterocycles. The minimum absolute atomic E-state index is 0.113. The Morgan fingerprint density at radius 3 is 2.27 bits per heavy atom. The molecule has 0 atom stereocenters. The van der Waals surface area contributed by atoms with Gasteiger partial charge in [0, 0.05) is 11.8 Å². The van der Waals surface area contributed by atoms with Gasteiger partial charge in [-0.1, -0.05) is 0 Å². The summed E-state index contributed by atoms with van der Waals surface area (Å²) in [7, 11) is -5.59. The summed E-state index contributed by atoms with van der Waals surface area (Å²) in [4.78, 5) is 42.8. The SMILES string of the molecule is O=C(Nc1cnccc1CN1CC(=O)N(c2ccc(S(=O)(=O)C(F)(F)F)cc2)C1=O)c1ccc(F)cc1. The van der Waals surface area contributed by atoms with E-state index < -0.39 is 43.9 Å². The fraction of sp³-hybridized carbons (Fsp3) is 0.130. The first-order valence-electron chi connectivity index (χ1n) is 10.4. The predicted molar refractivity (Wildman–Crippen MR) is 122 cm³/mol. The Morgan fingerprint density at radius 1 is 1.00 bits per heavy atom. The Bertz CT molecular complexity index is 1480. The zero-order valence-electron chi connectivity index (χ0n) is 18.6. The Hall–Kier alpha value is -4.33. The van der Waals surface area contributed by atoms with E-state index in [1.165, 1.54) is 30.6 Å². The molecule has 0 spiro atoms. The van der Waals surface area contributed by atoms with E-state index in [4.69, 9.17) is 0 Å². The van der Waals surface area contributed by atoms with Gasteiger partial charge in [-0.25, -0.2) is 22.5 Å². The van der Waals surface area contributed by atoms with Crippen molar-refractivity contribution in [2.24, 2.45) is 0 Å². The number of imide groups is 1. The van der Waals surface area contributed by atoms with Gasteiger partial charge in [0.2, 0.25) is 0 Å². The molecule has 2 heterocycles. The number of nitrogens with zero attached hydrogens (tertiary/aromatic N) is 3. The third-order valence-electron chi connectivity index (χ3n) is 5.37. The van der Waals surface area contributed by atoms with Crippen LogP contribution in [0, 0.1) is 5.82 Å². The zero-order chi connectivity index (χ0) is 27.0. The number of carbonyl (C=O) groups is 3. The van der Waals surface area contributed by atoms with Crippen LogP contribution in [0.4, 0.5) is 33.7 Å². The van der Waals surface area contributed by atoms with Crippen molar-refractivity contribution in [3.05, 3.63) is 83.9 Å². The number of carbonyl (C=O) groups excluding carboxylic acids is 3. The van der Waals surface area contributed by atoms with Crippen molar-refractivity contribution in [2.75, 3.05) is 16.8 Å². The lowest BCUT2D eigenvalue weighted by atomic mass is 10.1. The van der Waals surface area contributed by atoms with Crippen molar-refractivity contribution >= 4 is 39.1 Å². The molecular formula is C23H16F4N4O5S. The normalized spacial score (nSPS) is 14.3. The third kappa shape index (κ3) is 5.14. The summed E-state index contributed by atoms with van der Waals surface area (Å²) in [6.07, 6.45) is 2.74. The van der Waals surface area contributed by atoms with Crippen molar-refractivity contribution in [3.63, 3.8) is 0 Å². The van der Waals surface area contributed by atoms with Crippen molar-refractivity contribution in [2.45, 2.75) is 16.9 Å². The van der Waals surface area contributed by atoms with Crippen molar-refractivity contribution in [1.29, 1.82) is 0 Å². The van der Waals surface area contributed by atoms with E-state index in [1.807, 2.05) is 0 Å². The van der Waals surface area contributed by atoms with Crippen LogP contribution in [-0.2, 0) is 21.2 Å². The molecule has 0 unspecified atom stereocenters. The van der Waals surface area contributed by atoms with Gasteiger partial charge in [0.15, 0.2) is 0 Å². The average Bonchev–Trinajstić information content (AvgIpc) is 3.12. The summed E-state index contributed by atoms with van der Waals surface area (Å²) in [6.45, 7) is -0.516. The molecule has 1 aromatic heterocycles. The Morgan fingerprint density at radius 2 is 1.65 bits per heavy atom. The molecule has 1 aliphatic heterocycles. The fourth-order valence-electron chi connectivity index (χ4n) is 3.51. The second kappa shape index (κ2) is 9.61. The first-order chi connectivity index (χ1) is 17.4. The maximum Gasteiger partial charge on any atom is 0.501 e. The van der Waals surface area contributed by atoms with Gasteiger partial charge in [0.1, 0.15) is 12.4 Å². The van der Waals surface area contributed by atoms with Crippen LogP contribution in [0.5, 0.6) is 0 Å². The molecule has 0 bridgehead atoms. The lowest BCUT2D eigenvalue weighted by molar-refractivity contribution is -0.116. The lowest BCUT2D eigenvalue weighted by Crippen LogP contribution is -2.33. The molecule has 37 heavy (non-hydrogen) atoms. The van der Waals surface area contributed by atoms with E-state index in [-0.39, 0.29) is 30.0 Å². The molecule has 2 aromatic carbocycles. The van der Waals surface area contributed by atoms with Crippen LogP contribution in [0.15, 0.2) is 71.9 Å². The van der Waals surface area contributed by atoms with Gasteiger partial charge in [-0.2, -0.15) is 13.2 Å². The number of nitrogens with one attached hydrogen (secondary N) is 1. The van der Waals surface area contributed by atoms with E-state index in [9.17, 15) is 40.4 Å². The molecule has 0 saturated carbocycles. The number of rotatable bonds is 6. The van der Waals surface area contributed by atoms with Crippen molar-refractivity contribution in [3.8, 4) is 0 Å². The largest absolute Gasteiger partial charge is 0.501 e. The Balaban J connectivity index is 1.51. The summed E-state index contributed by atoms with van der Waals surface area (Å²) in [5.74, 6) is -1.77. The minimum atomic E-state index is -5.59. The highest BCUT2D eigenvalue weighted by atomic mass is 32.2. The smallest absolute Gasteiger partial charge is 0.320 e. The van der Waals surface area contributed by atoms with Gasteiger partial charge in [0.05, 0.1) is 29.0 Å². The topological polar surface area (TPSA) is 117 Å². The molecule has 1 N–H and O–H groups in total. The molecule has 4 amide bonds. The number of hydrogen-bond acceptors (Lipinski definition) is 6. The Kier molecular flexibility index (Phi) is 6.69. The number of aromatic nitrogens is 1. The quantitative estimate of drug-likeness (QED) is 0.379. The summed E-state index contributed by atoms with van der Waals surface area (Å²) >= 11 is 0. The van der Waals surface area contributed by atoms with Crippen LogP contribution in [0.3, 0.4) is 0 Å². The van der Waals surface area contributed by atoms with Crippen LogP contribution < -0.4 is 10.2 Å². The molecule has 9 nitrogen and oxygen atoms in total. The second-order valence-electron chi connectivity index (χ2n) is 7.80. The number of sulfone groups is 1. The van der Waals surface area contributed by atoms with E-state index in [0.29, 0.717) is 22.6 Å². The average molecular weight is 536 g/mol. The monoisotopic (exact) mass is 536 g/mol. The molecule has 0 aliphatic carbocycles. The number of hydrogen-bond donors (Lipinski definition) is 1. The predicted octanol–water partition coefficient (Wildman–Crippen LogP) is 3.74. The first-order valence-corrected chi connectivity index (χ1v) is 11.9. The van der Waals surface area contributed by atoms with Crippen LogP contribution in [0.2, 0.25) is 0 Å². The molecule has 14 heteroatoms. The third-order valence-corrected chi connectivity index (χ3v) is 6.88. The van der Waals surface area contributed by atoms with Gasteiger partial charge in [0.25, 0.3) is 21.7 Å². The minimum Gasteiger partial charge on any atom is -0.320 e. The Labute approximate surface area is 207 Å². The molecule has 1 aliphatic rings. The highest BCUT2D eigenvalue weighted by Crippen LogP contribution is 2.32. The summed E-state index contributed by atoms with van der Waals surface area (Å²) < 4.78 is 74.5. The van der Waals surface area contributed by atoms with Gasteiger partial charge in [-0.3, -0.25) is 14.6 Å². The van der Waals surface area contributed by atoms with Gasteiger partial charge in [-0.05, 0) is 60.2 Å². The van der Waals surface area contributed by atoms with Gasteiger partial charge < -0.3 is 10.2 Å². The van der Waals surface area contributed by atoms with E-state index in [2.05, 4.69) is 10.3 Å². The fourth-order valence-corrected chi connectivity index (χ4v) is 4.27. The van der Waals surface area contributed by atoms with Crippen LogP contribution >= 0.6 is 0 Å². The highest BCUT2D eigenvalue weighted by Gasteiger charge is 2.47. The van der Waals surface area contributed by atoms with Crippen molar-refractivity contribution in [1.82, 2.24) is 9.88 Å². The maximum absolute atomic E-state index is 13.1.